The van der Waals surface area contributed by atoms with E-state index in [0.717, 1.165) is 42.5 Å². The van der Waals surface area contributed by atoms with Crippen LogP contribution in [0.1, 0.15) is 24.5 Å². The number of para-hydroxylation sites is 1. The largest absolute Gasteiger partial charge is 0.325 e. The highest BCUT2D eigenvalue weighted by Gasteiger charge is 2.22. The van der Waals surface area contributed by atoms with Gasteiger partial charge in [-0.1, -0.05) is 67.2 Å². The number of carbonyl (C=O) groups excluding carboxylic acids is 1. The van der Waals surface area contributed by atoms with Crippen LogP contribution in [0.4, 0.5) is 5.69 Å². The van der Waals surface area contributed by atoms with Gasteiger partial charge in [0.1, 0.15) is 16.2 Å². The second-order valence-electron chi connectivity index (χ2n) is 7.15. The van der Waals surface area contributed by atoms with Crippen molar-refractivity contribution in [3.05, 3.63) is 72.1 Å². The minimum Gasteiger partial charge on any atom is -0.325 e. The van der Waals surface area contributed by atoms with E-state index in [4.69, 9.17) is 0 Å². The molecule has 0 spiro atoms. The van der Waals surface area contributed by atoms with Gasteiger partial charge in [-0.2, -0.15) is 0 Å². The first-order valence-electron chi connectivity index (χ1n) is 9.90. The van der Waals surface area contributed by atoms with E-state index in [1.165, 1.54) is 11.8 Å². The quantitative estimate of drug-likeness (QED) is 0.279. The maximum Gasteiger partial charge on any atom is 0.237 e. The Morgan fingerprint density at radius 2 is 1.80 bits per heavy atom. The van der Waals surface area contributed by atoms with Gasteiger partial charge < -0.3 is 5.32 Å². The zero-order chi connectivity index (χ0) is 21.1. The number of thiophene rings is 1. The third-order valence-corrected chi connectivity index (χ3v) is 7.47. The summed E-state index contributed by atoms with van der Waals surface area (Å²) in [5.41, 5.74) is 4.20. The van der Waals surface area contributed by atoms with Crippen molar-refractivity contribution in [1.82, 2.24) is 9.97 Å². The summed E-state index contributed by atoms with van der Waals surface area (Å²) in [5, 5.41) is 4.75. The van der Waals surface area contributed by atoms with Crippen LogP contribution in [0.2, 0.25) is 0 Å². The van der Waals surface area contributed by atoms with E-state index in [0.29, 0.717) is 6.42 Å². The number of hydrogen-bond donors (Lipinski definition) is 1. The molecule has 0 radical (unpaired) electrons. The monoisotopic (exact) mass is 433 g/mol. The second-order valence-corrected chi connectivity index (χ2v) is 9.37. The second kappa shape index (κ2) is 8.98. The highest BCUT2D eigenvalue weighted by Crippen LogP contribution is 2.38. The molecule has 30 heavy (non-hydrogen) atoms. The number of aromatic nitrogens is 2. The van der Waals surface area contributed by atoms with Crippen LogP contribution in [0.3, 0.4) is 0 Å². The Balaban J connectivity index is 1.60. The smallest absolute Gasteiger partial charge is 0.237 e. The molecule has 0 saturated carbocycles. The summed E-state index contributed by atoms with van der Waals surface area (Å²) in [7, 11) is 0. The van der Waals surface area contributed by atoms with Crippen LogP contribution in [0.25, 0.3) is 20.7 Å². The van der Waals surface area contributed by atoms with Crippen molar-refractivity contribution in [3.63, 3.8) is 0 Å². The summed E-state index contributed by atoms with van der Waals surface area (Å²) < 4.78 is 0. The van der Waals surface area contributed by atoms with Gasteiger partial charge in [-0.25, -0.2) is 9.97 Å². The molecule has 0 saturated heterocycles. The van der Waals surface area contributed by atoms with Gasteiger partial charge in [-0.3, -0.25) is 4.79 Å². The summed E-state index contributed by atoms with van der Waals surface area (Å²) in [6, 6.07) is 18.4. The molecule has 1 atom stereocenters. The molecule has 4 nitrogen and oxygen atoms in total. The first-order chi connectivity index (χ1) is 14.6. The summed E-state index contributed by atoms with van der Waals surface area (Å²) >= 11 is 3.16. The van der Waals surface area contributed by atoms with Crippen LogP contribution in [0, 0.1) is 13.8 Å². The van der Waals surface area contributed by atoms with Gasteiger partial charge in [-0.05, 0) is 43.0 Å². The molecule has 2 aromatic heterocycles. The third kappa shape index (κ3) is 4.25. The first kappa shape index (κ1) is 20.6. The Kier molecular flexibility index (Phi) is 6.16. The van der Waals surface area contributed by atoms with Crippen LogP contribution in [-0.2, 0) is 4.79 Å². The first-order valence-corrected chi connectivity index (χ1v) is 11.6. The van der Waals surface area contributed by atoms with E-state index in [2.05, 4.69) is 33.5 Å². The molecule has 0 aliphatic rings. The van der Waals surface area contributed by atoms with Crippen LogP contribution >= 0.6 is 23.1 Å². The van der Waals surface area contributed by atoms with Crippen molar-refractivity contribution >= 4 is 44.9 Å². The Hall–Kier alpha value is -2.70. The number of benzene rings is 2. The number of nitrogens with one attached hydrogen (secondary N) is 1. The molecule has 2 aromatic carbocycles. The van der Waals surface area contributed by atoms with Gasteiger partial charge in [0.15, 0.2) is 0 Å². The van der Waals surface area contributed by atoms with Crippen molar-refractivity contribution in [2.45, 2.75) is 37.5 Å². The van der Waals surface area contributed by atoms with E-state index in [9.17, 15) is 4.79 Å². The van der Waals surface area contributed by atoms with Gasteiger partial charge in [0.2, 0.25) is 5.91 Å². The third-order valence-electron chi connectivity index (χ3n) is 5.00. The SMILES string of the molecule is CCC(Sc1ncnc2sc(-c3ccccc3)cc12)C(=O)Nc1c(C)cccc1C. The van der Waals surface area contributed by atoms with Crippen LogP contribution in [-0.4, -0.2) is 21.1 Å². The summed E-state index contributed by atoms with van der Waals surface area (Å²) in [6.45, 7) is 6.06. The number of rotatable bonds is 6. The summed E-state index contributed by atoms with van der Waals surface area (Å²) in [5.74, 6) is 0.00479. The Morgan fingerprint density at radius 3 is 2.50 bits per heavy atom. The van der Waals surface area contributed by atoms with Crippen LogP contribution < -0.4 is 5.32 Å². The maximum absolute atomic E-state index is 13.0. The minimum atomic E-state index is -0.234. The lowest BCUT2D eigenvalue weighted by Crippen LogP contribution is -2.25. The lowest BCUT2D eigenvalue weighted by molar-refractivity contribution is -0.115. The van der Waals surface area contributed by atoms with Crippen molar-refractivity contribution in [3.8, 4) is 10.4 Å². The zero-order valence-corrected chi connectivity index (χ0v) is 18.8. The lowest BCUT2D eigenvalue weighted by atomic mass is 10.1. The van der Waals surface area contributed by atoms with E-state index >= 15 is 0 Å². The molecule has 2 heterocycles. The highest BCUT2D eigenvalue weighted by molar-refractivity contribution is 8.00. The molecule has 6 heteroatoms. The van der Waals surface area contributed by atoms with E-state index in [-0.39, 0.29) is 11.2 Å². The predicted octanol–water partition coefficient (Wildman–Crippen LogP) is 6.48. The Bertz CT molecular complexity index is 1170. The molecule has 0 aliphatic heterocycles. The number of fused-ring (bicyclic) bond motifs is 1. The van der Waals surface area contributed by atoms with Gasteiger partial charge in [-0.15, -0.1) is 11.3 Å². The molecule has 0 bridgehead atoms. The van der Waals surface area contributed by atoms with E-state index in [1.54, 1.807) is 17.7 Å². The van der Waals surface area contributed by atoms with Gasteiger partial charge >= 0.3 is 0 Å². The van der Waals surface area contributed by atoms with Crippen molar-refractivity contribution in [1.29, 1.82) is 0 Å². The van der Waals surface area contributed by atoms with Crippen molar-refractivity contribution in [2.75, 3.05) is 5.32 Å². The van der Waals surface area contributed by atoms with Gasteiger partial charge in [0.25, 0.3) is 0 Å². The highest BCUT2D eigenvalue weighted by atomic mass is 32.2. The van der Waals surface area contributed by atoms with Crippen molar-refractivity contribution < 1.29 is 4.79 Å². The minimum absolute atomic E-state index is 0.00479. The molecule has 4 aromatic rings. The standard InChI is InChI=1S/C24H23N3OS2/c1-4-19(22(28)27-21-15(2)9-8-10-16(21)3)29-23-18-13-20(17-11-6-5-7-12-17)30-24(18)26-14-25-23/h5-14,19H,4H2,1-3H3,(H,27,28). The number of anilines is 1. The fraction of sp³-hybridized carbons (Fsp3) is 0.208. The molecule has 1 N–H and O–H groups in total. The fourth-order valence-electron chi connectivity index (χ4n) is 3.34. The van der Waals surface area contributed by atoms with Gasteiger partial charge in [0.05, 0.1) is 5.25 Å². The Morgan fingerprint density at radius 1 is 1.07 bits per heavy atom. The summed E-state index contributed by atoms with van der Waals surface area (Å²) in [6.07, 6.45) is 2.30. The van der Waals surface area contributed by atoms with Crippen LogP contribution in [0.15, 0.2) is 66.0 Å². The van der Waals surface area contributed by atoms with Crippen molar-refractivity contribution in [2.24, 2.45) is 0 Å². The lowest BCUT2D eigenvalue weighted by Gasteiger charge is -2.17. The molecular formula is C24H23N3OS2. The molecule has 0 aliphatic carbocycles. The number of hydrogen-bond acceptors (Lipinski definition) is 5. The molecule has 152 valence electrons. The summed E-state index contributed by atoms with van der Waals surface area (Å²) in [4.78, 5) is 24.1. The molecule has 1 unspecified atom stereocenters. The molecular weight excluding hydrogens is 410 g/mol. The van der Waals surface area contributed by atoms with E-state index < -0.39 is 0 Å². The maximum atomic E-state index is 13.0. The Labute approximate surface area is 184 Å². The zero-order valence-electron chi connectivity index (χ0n) is 17.2. The average Bonchev–Trinajstić information content (AvgIpc) is 3.20. The van der Waals surface area contributed by atoms with Gasteiger partial charge in [0, 0.05) is 16.0 Å². The topological polar surface area (TPSA) is 54.9 Å². The normalized spacial score (nSPS) is 12.1. The number of nitrogens with zero attached hydrogens (tertiary/aromatic N) is 2. The average molecular weight is 434 g/mol. The fourth-order valence-corrected chi connectivity index (χ4v) is 5.41. The predicted molar refractivity (Wildman–Crippen MR) is 127 cm³/mol. The number of aryl methyl sites for hydroxylation is 2. The van der Waals surface area contributed by atoms with E-state index in [1.807, 2.05) is 57.2 Å². The number of amides is 1. The molecule has 0 fully saturated rings. The van der Waals surface area contributed by atoms with Crippen LogP contribution in [0.5, 0.6) is 0 Å². The number of thioether (sulfide) groups is 1. The molecule has 4 rings (SSSR count). The molecule has 1 amide bonds. The number of carbonyl (C=O) groups is 1.